The van der Waals surface area contributed by atoms with Crippen molar-refractivity contribution >= 4 is 23.2 Å². The van der Waals surface area contributed by atoms with E-state index in [1.54, 1.807) is 0 Å². The van der Waals surface area contributed by atoms with E-state index in [2.05, 4.69) is 55.2 Å². The lowest BCUT2D eigenvalue weighted by Crippen LogP contribution is -1.98. The topological polar surface area (TPSA) is 25.8 Å². The Balaban J connectivity index is 1.95. The lowest BCUT2D eigenvalue weighted by Gasteiger charge is -2.15. The van der Waals surface area contributed by atoms with Crippen LogP contribution in [0.2, 0.25) is 10.0 Å². The highest BCUT2D eigenvalue weighted by Gasteiger charge is 2.16. The predicted molar refractivity (Wildman–Crippen MR) is 127 cm³/mol. The molecule has 4 rings (SSSR count). The lowest BCUT2D eigenvalue weighted by molar-refractivity contribution is 0.866. The molecule has 4 aromatic rings. The summed E-state index contributed by atoms with van der Waals surface area (Å²) in [5.74, 6) is 0.439. The Hall–Kier alpha value is -2.68. The quantitative estimate of drug-likeness (QED) is 0.324. The molecule has 2 nitrogen and oxygen atoms in total. The molecular weight excluding hydrogens is 411 g/mol. The predicted octanol–water partition coefficient (Wildman–Crippen LogP) is 8.22. The molecule has 1 aromatic heterocycles. The van der Waals surface area contributed by atoms with E-state index in [9.17, 15) is 0 Å². The molecule has 0 saturated heterocycles. The molecule has 0 saturated carbocycles. The van der Waals surface area contributed by atoms with Gasteiger partial charge in [-0.1, -0.05) is 79.5 Å². The van der Waals surface area contributed by atoms with Gasteiger partial charge in [0.05, 0.1) is 5.69 Å². The highest BCUT2D eigenvalue weighted by Crippen LogP contribution is 2.36. The Morgan fingerprint density at radius 1 is 0.667 bits per heavy atom. The fraction of sp³-hybridized carbons (Fsp3) is 0.154. The minimum absolute atomic E-state index is 0.439. The van der Waals surface area contributed by atoms with Crippen LogP contribution in [-0.2, 0) is 0 Å². The van der Waals surface area contributed by atoms with Crippen molar-refractivity contribution in [2.24, 2.45) is 0 Å². The number of nitrogens with zero attached hydrogens (tertiary/aromatic N) is 2. The van der Waals surface area contributed by atoms with Crippen molar-refractivity contribution in [2.75, 3.05) is 0 Å². The van der Waals surface area contributed by atoms with Crippen molar-refractivity contribution in [3.8, 4) is 33.6 Å². The summed E-state index contributed by atoms with van der Waals surface area (Å²) in [4.78, 5) is 0. The van der Waals surface area contributed by atoms with Crippen molar-refractivity contribution in [3.05, 3.63) is 94.0 Å². The van der Waals surface area contributed by atoms with Gasteiger partial charge in [0.25, 0.3) is 0 Å². The maximum Gasteiger partial charge on any atom is 0.101 e. The van der Waals surface area contributed by atoms with Crippen LogP contribution in [0.25, 0.3) is 33.6 Å². The second kappa shape index (κ2) is 8.59. The molecular formula is C26H22Cl2N2. The Kier molecular flexibility index (Phi) is 5.90. The Morgan fingerprint density at radius 2 is 1.27 bits per heavy atom. The minimum atomic E-state index is 0.439. The first kappa shape index (κ1) is 20.6. The molecule has 150 valence electrons. The average Bonchev–Trinajstić information content (AvgIpc) is 2.75. The first-order chi connectivity index (χ1) is 14.4. The number of aromatic nitrogens is 2. The van der Waals surface area contributed by atoms with E-state index < -0.39 is 0 Å². The maximum absolute atomic E-state index is 6.11. The van der Waals surface area contributed by atoms with Crippen LogP contribution in [-0.4, -0.2) is 10.2 Å². The highest BCUT2D eigenvalue weighted by atomic mass is 35.5. The van der Waals surface area contributed by atoms with Crippen LogP contribution in [0.5, 0.6) is 0 Å². The zero-order valence-electron chi connectivity index (χ0n) is 17.2. The fourth-order valence-electron chi connectivity index (χ4n) is 3.47. The van der Waals surface area contributed by atoms with E-state index in [4.69, 9.17) is 23.2 Å². The van der Waals surface area contributed by atoms with Crippen LogP contribution < -0.4 is 0 Å². The second-order valence-corrected chi connectivity index (χ2v) is 8.61. The van der Waals surface area contributed by atoms with Crippen LogP contribution in [0.3, 0.4) is 0 Å². The summed E-state index contributed by atoms with van der Waals surface area (Å²) in [5, 5.41) is 10.6. The van der Waals surface area contributed by atoms with E-state index in [1.165, 1.54) is 11.1 Å². The van der Waals surface area contributed by atoms with Crippen LogP contribution in [0.15, 0.2) is 72.8 Å². The van der Waals surface area contributed by atoms with Crippen molar-refractivity contribution in [1.29, 1.82) is 0 Å². The van der Waals surface area contributed by atoms with E-state index in [0.29, 0.717) is 16.0 Å². The molecule has 0 amide bonds. The molecule has 0 N–H and O–H groups in total. The Labute approximate surface area is 187 Å². The van der Waals surface area contributed by atoms with Crippen LogP contribution in [0.1, 0.15) is 30.9 Å². The van der Waals surface area contributed by atoms with Gasteiger partial charge in [0.2, 0.25) is 0 Å². The number of aryl methyl sites for hydroxylation is 1. The molecule has 0 atom stereocenters. The summed E-state index contributed by atoms with van der Waals surface area (Å²) in [6, 6.07) is 24.2. The van der Waals surface area contributed by atoms with Crippen molar-refractivity contribution in [2.45, 2.75) is 26.7 Å². The highest BCUT2D eigenvalue weighted by molar-refractivity contribution is 6.30. The van der Waals surface area contributed by atoms with E-state index in [-0.39, 0.29) is 0 Å². The molecule has 4 heteroatoms. The monoisotopic (exact) mass is 432 g/mol. The molecule has 0 fully saturated rings. The molecule has 0 aliphatic carbocycles. The van der Waals surface area contributed by atoms with E-state index >= 15 is 0 Å². The van der Waals surface area contributed by atoms with Gasteiger partial charge >= 0.3 is 0 Å². The minimum Gasteiger partial charge on any atom is -0.150 e. The summed E-state index contributed by atoms with van der Waals surface area (Å²) in [5.41, 5.74) is 8.33. The lowest BCUT2D eigenvalue weighted by atomic mass is 9.91. The van der Waals surface area contributed by atoms with Crippen molar-refractivity contribution < 1.29 is 0 Å². The summed E-state index contributed by atoms with van der Waals surface area (Å²) in [6.07, 6.45) is 0. The summed E-state index contributed by atoms with van der Waals surface area (Å²) in [6.45, 7) is 6.55. The zero-order valence-corrected chi connectivity index (χ0v) is 18.7. The van der Waals surface area contributed by atoms with Gasteiger partial charge < -0.3 is 0 Å². The molecule has 0 unspecified atom stereocenters. The summed E-state index contributed by atoms with van der Waals surface area (Å²) >= 11 is 12.2. The fourth-order valence-corrected chi connectivity index (χ4v) is 3.72. The van der Waals surface area contributed by atoms with E-state index in [0.717, 1.165) is 33.6 Å². The number of rotatable bonds is 4. The number of hydrogen-bond donors (Lipinski definition) is 0. The van der Waals surface area contributed by atoms with Crippen LogP contribution in [0, 0.1) is 6.92 Å². The number of hydrogen-bond acceptors (Lipinski definition) is 2. The smallest absolute Gasteiger partial charge is 0.101 e. The third kappa shape index (κ3) is 4.26. The molecule has 30 heavy (non-hydrogen) atoms. The normalized spacial score (nSPS) is 11.1. The Bertz CT molecular complexity index is 1180. The SMILES string of the molecule is Cc1ccc(C(C)C)cc1-c1cc(-c2ccc(Cl)cc2)nnc1-c1ccc(Cl)cc1. The summed E-state index contributed by atoms with van der Waals surface area (Å²) in [7, 11) is 0. The van der Waals surface area contributed by atoms with Gasteiger partial charge in [-0.15, -0.1) is 10.2 Å². The molecule has 3 aromatic carbocycles. The van der Waals surface area contributed by atoms with Gasteiger partial charge in [-0.05, 0) is 59.9 Å². The third-order valence-electron chi connectivity index (χ3n) is 5.27. The van der Waals surface area contributed by atoms with Gasteiger partial charge in [0.1, 0.15) is 5.69 Å². The van der Waals surface area contributed by atoms with Crippen LogP contribution >= 0.6 is 23.2 Å². The number of halogens is 2. The van der Waals surface area contributed by atoms with Gasteiger partial charge in [0, 0.05) is 26.7 Å². The second-order valence-electron chi connectivity index (χ2n) is 7.73. The zero-order chi connectivity index (χ0) is 21.3. The van der Waals surface area contributed by atoms with Gasteiger partial charge in [-0.2, -0.15) is 0 Å². The molecule has 0 spiro atoms. The first-order valence-electron chi connectivity index (χ1n) is 9.93. The Morgan fingerprint density at radius 3 is 1.87 bits per heavy atom. The largest absolute Gasteiger partial charge is 0.150 e. The number of benzene rings is 3. The van der Waals surface area contributed by atoms with Gasteiger partial charge in [-0.3, -0.25) is 0 Å². The van der Waals surface area contributed by atoms with Crippen molar-refractivity contribution in [1.82, 2.24) is 10.2 Å². The molecule has 0 radical (unpaired) electrons. The van der Waals surface area contributed by atoms with E-state index in [1.807, 2.05) is 48.5 Å². The van der Waals surface area contributed by atoms with Crippen molar-refractivity contribution in [3.63, 3.8) is 0 Å². The molecule has 0 aliphatic rings. The average molecular weight is 433 g/mol. The standard InChI is InChI=1S/C26H22Cl2N2/c1-16(2)20-5-4-17(3)23(14-20)24-15-25(18-6-10-21(27)11-7-18)29-30-26(24)19-8-12-22(28)13-9-19/h4-16H,1-3H3. The maximum atomic E-state index is 6.11. The summed E-state index contributed by atoms with van der Waals surface area (Å²) < 4.78 is 0. The third-order valence-corrected chi connectivity index (χ3v) is 5.77. The molecule has 1 heterocycles. The first-order valence-corrected chi connectivity index (χ1v) is 10.7. The molecule has 0 aliphatic heterocycles. The molecule has 0 bridgehead atoms. The van der Waals surface area contributed by atoms with Gasteiger partial charge in [0.15, 0.2) is 0 Å². The van der Waals surface area contributed by atoms with Gasteiger partial charge in [-0.25, -0.2) is 0 Å². The van der Waals surface area contributed by atoms with Crippen LogP contribution in [0.4, 0.5) is 0 Å².